The Morgan fingerprint density at radius 2 is 1.26 bits per heavy atom. The van der Waals surface area contributed by atoms with Crippen molar-refractivity contribution in [1.82, 2.24) is 9.80 Å². The molecule has 0 unspecified atom stereocenters. The van der Waals surface area contributed by atoms with Crippen molar-refractivity contribution in [3.63, 3.8) is 0 Å². The van der Waals surface area contributed by atoms with Crippen molar-refractivity contribution < 1.29 is 4.79 Å². The minimum absolute atomic E-state index is 0.237. The summed E-state index contributed by atoms with van der Waals surface area (Å²) >= 11 is 1.84. The van der Waals surface area contributed by atoms with Crippen LogP contribution in [0.15, 0.2) is 91.0 Å². The molecule has 0 aliphatic carbocycles. The predicted molar refractivity (Wildman–Crippen MR) is 130 cm³/mol. The van der Waals surface area contributed by atoms with E-state index >= 15 is 0 Å². The van der Waals surface area contributed by atoms with Crippen LogP contribution in [0.25, 0.3) is 0 Å². The van der Waals surface area contributed by atoms with Crippen LogP contribution in [-0.2, 0) is 10.5 Å². The van der Waals surface area contributed by atoms with E-state index in [0.717, 1.165) is 37.7 Å². The van der Waals surface area contributed by atoms with Gasteiger partial charge in [0.2, 0.25) is 5.91 Å². The van der Waals surface area contributed by atoms with Crippen LogP contribution in [0.2, 0.25) is 0 Å². The molecular weight excluding hydrogens is 400 g/mol. The summed E-state index contributed by atoms with van der Waals surface area (Å²) < 4.78 is 0. The third-order valence-corrected chi connectivity index (χ3v) is 6.86. The molecule has 1 aliphatic rings. The second kappa shape index (κ2) is 11.2. The summed E-state index contributed by atoms with van der Waals surface area (Å²) in [6.45, 7) is 3.41. The molecule has 1 heterocycles. The molecule has 3 nitrogen and oxygen atoms in total. The first-order chi connectivity index (χ1) is 15.3. The number of hydrogen-bond donors (Lipinski definition) is 0. The van der Waals surface area contributed by atoms with Crippen LogP contribution in [0.4, 0.5) is 0 Å². The zero-order valence-electron chi connectivity index (χ0n) is 17.9. The van der Waals surface area contributed by atoms with Gasteiger partial charge in [0.15, 0.2) is 0 Å². The summed E-state index contributed by atoms with van der Waals surface area (Å²) in [6.07, 6.45) is 0.623. The number of carbonyl (C=O) groups is 1. The summed E-state index contributed by atoms with van der Waals surface area (Å²) in [5.41, 5.74) is 3.94. The van der Waals surface area contributed by atoms with Gasteiger partial charge in [-0.1, -0.05) is 91.0 Å². The van der Waals surface area contributed by atoms with E-state index in [2.05, 4.69) is 89.8 Å². The third kappa shape index (κ3) is 5.99. The van der Waals surface area contributed by atoms with Crippen molar-refractivity contribution in [2.75, 3.05) is 31.9 Å². The second-order valence-corrected chi connectivity index (χ2v) is 9.03. The first kappa shape index (κ1) is 21.7. The molecule has 0 atom stereocenters. The number of thioether (sulfide) groups is 1. The predicted octanol–water partition coefficient (Wildman–Crippen LogP) is 5.24. The van der Waals surface area contributed by atoms with Crippen LogP contribution < -0.4 is 0 Å². The molecule has 4 heteroatoms. The normalized spacial score (nSPS) is 14.7. The maximum absolute atomic E-state index is 12.7. The fraction of sp³-hybridized carbons (Fsp3) is 0.296. The Kier molecular flexibility index (Phi) is 7.81. The Morgan fingerprint density at radius 1 is 0.742 bits per heavy atom. The second-order valence-electron chi connectivity index (χ2n) is 7.93. The quantitative estimate of drug-likeness (QED) is 0.457. The minimum Gasteiger partial charge on any atom is -0.340 e. The van der Waals surface area contributed by atoms with Crippen LogP contribution in [0.3, 0.4) is 0 Å². The number of nitrogens with zero attached hydrogens (tertiary/aromatic N) is 2. The van der Waals surface area contributed by atoms with E-state index in [1.54, 1.807) is 0 Å². The molecule has 31 heavy (non-hydrogen) atoms. The van der Waals surface area contributed by atoms with Gasteiger partial charge in [-0.15, -0.1) is 0 Å². The van der Waals surface area contributed by atoms with Gasteiger partial charge in [-0.25, -0.2) is 0 Å². The van der Waals surface area contributed by atoms with E-state index in [0.29, 0.717) is 6.42 Å². The Balaban J connectivity index is 1.30. The summed E-state index contributed by atoms with van der Waals surface area (Å²) in [5, 5.41) is 0. The Bertz CT molecular complexity index is 886. The van der Waals surface area contributed by atoms with Crippen LogP contribution in [0.1, 0.15) is 29.2 Å². The van der Waals surface area contributed by atoms with Crippen LogP contribution in [0.5, 0.6) is 0 Å². The minimum atomic E-state index is 0.237. The van der Waals surface area contributed by atoms with Crippen LogP contribution in [-0.4, -0.2) is 47.6 Å². The number of hydrogen-bond acceptors (Lipinski definition) is 3. The zero-order chi connectivity index (χ0) is 21.3. The average Bonchev–Trinajstić information content (AvgIpc) is 2.84. The van der Waals surface area contributed by atoms with Crippen LogP contribution in [0, 0.1) is 0 Å². The summed E-state index contributed by atoms with van der Waals surface area (Å²) in [7, 11) is 0. The maximum atomic E-state index is 12.7. The molecular formula is C27H30N2OS. The molecule has 1 aliphatic heterocycles. The summed E-state index contributed by atoms with van der Waals surface area (Å²) in [6, 6.07) is 32.1. The summed E-state index contributed by atoms with van der Waals surface area (Å²) in [5.74, 6) is 2.14. The fourth-order valence-corrected chi connectivity index (χ4v) is 5.09. The molecule has 160 valence electrons. The largest absolute Gasteiger partial charge is 0.340 e. The molecule has 3 aromatic carbocycles. The lowest BCUT2D eigenvalue weighted by molar-refractivity contribution is -0.132. The molecule has 1 saturated heterocycles. The van der Waals surface area contributed by atoms with Gasteiger partial charge in [0.05, 0.1) is 6.04 Å². The van der Waals surface area contributed by atoms with Crippen molar-refractivity contribution in [2.24, 2.45) is 0 Å². The van der Waals surface area contributed by atoms with Gasteiger partial charge in [-0.2, -0.15) is 11.8 Å². The highest BCUT2D eigenvalue weighted by atomic mass is 32.2. The number of rotatable bonds is 8. The lowest BCUT2D eigenvalue weighted by Gasteiger charge is -2.39. The Hall–Kier alpha value is -2.56. The lowest BCUT2D eigenvalue weighted by Crippen LogP contribution is -2.49. The number of carbonyl (C=O) groups excluding carboxylic acids is 1. The molecule has 4 rings (SSSR count). The van der Waals surface area contributed by atoms with E-state index in [9.17, 15) is 4.79 Å². The SMILES string of the molecule is O=C(CCSCc1ccccc1)N1CCN(C(c2ccccc2)c2ccccc2)CC1. The maximum Gasteiger partial charge on any atom is 0.223 e. The average molecular weight is 431 g/mol. The van der Waals surface area contributed by atoms with Crippen molar-refractivity contribution in [3.05, 3.63) is 108 Å². The van der Waals surface area contributed by atoms with Crippen molar-refractivity contribution in [1.29, 1.82) is 0 Å². The van der Waals surface area contributed by atoms with E-state index in [4.69, 9.17) is 0 Å². The molecule has 0 aromatic heterocycles. The lowest BCUT2D eigenvalue weighted by atomic mass is 9.96. The smallest absolute Gasteiger partial charge is 0.223 e. The van der Waals surface area contributed by atoms with E-state index in [1.807, 2.05) is 22.7 Å². The highest BCUT2D eigenvalue weighted by molar-refractivity contribution is 7.98. The highest BCUT2D eigenvalue weighted by Gasteiger charge is 2.27. The molecule has 0 radical (unpaired) electrons. The van der Waals surface area contributed by atoms with E-state index < -0.39 is 0 Å². The number of benzene rings is 3. The molecule has 0 saturated carbocycles. The molecule has 0 N–H and O–H groups in total. The van der Waals surface area contributed by atoms with Gasteiger partial charge in [0, 0.05) is 44.1 Å². The van der Waals surface area contributed by atoms with Crippen molar-refractivity contribution in [2.45, 2.75) is 18.2 Å². The highest BCUT2D eigenvalue weighted by Crippen LogP contribution is 2.29. The van der Waals surface area contributed by atoms with Gasteiger partial charge in [-0.05, 0) is 16.7 Å². The molecule has 1 amide bonds. The zero-order valence-corrected chi connectivity index (χ0v) is 18.7. The molecule has 0 spiro atoms. The number of amides is 1. The van der Waals surface area contributed by atoms with Crippen LogP contribution >= 0.6 is 11.8 Å². The Labute approximate surface area is 190 Å². The molecule has 3 aromatic rings. The molecule has 0 bridgehead atoms. The van der Waals surface area contributed by atoms with Gasteiger partial charge in [-0.3, -0.25) is 9.69 Å². The summed E-state index contributed by atoms with van der Waals surface area (Å²) in [4.78, 5) is 17.3. The monoisotopic (exact) mass is 430 g/mol. The van der Waals surface area contributed by atoms with E-state index in [-0.39, 0.29) is 11.9 Å². The van der Waals surface area contributed by atoms with Gasteiger partial charge in [0.25, 0.3) is 0 Å². The molecule has 1 fully saturated rings. The van der Waals surface area contributed by atoms with Crippen molar-refractivity contribution >= 4 is 17.7 Å². The van der Waals surface area contributed by atoms with Gasteiger partial charge >= 0.3 is 0 Å². The van der Waals surface area contributed by atoms with Crippen molar-refractivity contribution in [3.8, 4) is 0 Å². The standard InChI is InChI=1S/C27H30N2OS/c30-26(16-21-31-22-23-10-4-1-5-11-23)28-17-19-29(20-18-28)27(24-12-6-2-7-13-24)25-14-8-3-9-15-25/h1-15,27H,16-22H2. The number of piperazine rings is 1. The first-order valence-electron chi connectivity index (χ1n) is 11.0. The first-order valence-corrected chi connectivity index (χ1v) is 12.2. The van der Waals surface area contributed by atoms with Gasteiger partial charge in [0.1, 0.15) is 0 Å². The Morgan fingerprint density at radius 3 is 1.81 bits per heavy atom. The van der Waals surface area contributed by atoms with E-state index in [1.165, 1.54) is 16.7 Å². The van der Waals surface area contributed by atoms with Gasteiger partial charge < -0.3 is 4.90 Å². The fourth-order valence-electron chi connectivity index (χ4n) is 4.20. The topological polar surface area (TPSA) is 23.6 Å². The third-order valence-electron chi connectivity index (χ3n) is 5.83.